The van der Waals surface area contributed by atoms with Crippen molar-refractivity contribution in [3.63, 3.8) is 0 Å². The summed E-state index contributed by atoms with van der Waals surface area (Å²) in [4.78, 5) is 26.5. The first-order chi connectivity index (χ1) is 14.0. The molecule has 3 N–H and O–H groups in total. The first-order valence-corrected chi connectivity index (χ1v) is 10.3. The maximum absolute atomic E-state index is 13.0. The van der Waals surface area contributed by atoms with E-state index in [-0.39, 0.29) is 24.7 Å². The highest BCUT2D eigenvalue weighted by molar-refractivity contribution is 8.00. The van der Waals surface area contributed by atoms with Crippen molar-refractivity contribution in [3.8, 4) is 0 Å². The van der Waals surface area contributed by atoms with Gasteiger partial charge in [0.2, 0.25) is 5.91 Å². The summed E-state index contributed by atoms with van der Waals surface area (Å²) < 4.78 is 0. The monoisotopic (exact) mass is 416 g/mol. The van der Waals surface area contributed by atoms with Crippen molar-refractivity contribution < 1.29 is 14.8 Å². The number of nitrogens with one attached hydrogen (secondary N) is 2. The number of nitro benzene ring substituents is 1. The number of aliphatic hydroxyl groups is 1. The first-order valence-electron chi connectivity index (χ1n) is 9.42. The van der Waals surface area contributed by atoms with Crippen molar-refractivity contribution in [1.29, 1.82) is 0 Å². The number of fused-ring (bicyclic) bond motifs is 1. The summed E-state index contributed by atoms with van der Waals surface area (Å²) in [5.41, 5.74) is 1.87. The van der Waals surface area contributed by atoms with E-state index in [1.54, 1.807) is 22.7 Å². The Hall–Kier alpha value is -2.78. The van der Waals surface area contributed by atoms with E-state index < -0.39 is 4.92 Å². The van der Waals surface area contributed by atoms with Crippen LogP contribution in [0.15, 0.2) is 47.4 Å². The number of nitrogens with zero attached hydrogens (tertiary/aromatic N) is 2. The number of hydrogen-bond donors (Lipinski definition) is 3. The van der Waals surface area contributed by atoms with Gasteiger partial charge in [0.1, 0.15) is 0 Å². The van der Waals surface area contributed by atoms with E-state index in [1.165, 1.54) is 12.1 Å². The van der Waals surface area contributed by atoms with Crippen LogP contribution in [0.3, 0.4) is 0 Å². The molecule has 0 spiro atoms. The number of carbonyl (C=O) groups is 1. The quantitative estimate of drug-likeness (QED) is 0.469. The summed E-state index contributed by atoms with van der Waals surface area (Å²) in [6, 6.07) is 12.2. The average Bonchev–Trinajstić information content (AvgIpc) is 2.88. The topological polar surface area (TPSA) is 108 Å². The zero-order chi connectivity index (χ0) is 20.8. The van der Waals surface area contributed by atoms with Crippen LogP contribution in [-0.4, -0.2) is 47.4 Å². The molecule has 2 aromatic carbocycles. The van der Waals surface area contributed by atoms with Crippen LogP contribution in [0, 0.1) is 10.1 Å². The summed E-state index contributed by atoms with van der Waals surface area (Å²) in [6.07, 6.45) is 0.880. The summed E-state index contributed by atoms with van der Waals surface area (Å²) in [5.74, 6) is -0.105. The maximum Gasteiger partial charge on any atom is 0.271 e. The van der Waals surface area contributed by atoms with Crippen LogP contribution in [0.2, 0.25) is 0 Å². The highest BCUT2D eigenvalue weighted by Crippen LogP contribution is 2.37. The number of non-ortho nitro benzene ring substituents is 1. The highest BCUT2D eigenvalue weighted by Gasteiger charge is 2.24. The molecular formula is C20H24N4O4S. The van der Waals surface area contributed by atoms with Gasteiger partial charge in [0.15, 0.2) is 0 Å². The molecule has 2 aromatic rings. The highest BCUT2D eigenvalue weighted by atomic mass is 32.2. The fourth-order valence-electron chi connectivity index (χ4n) is 3.15. The molecule has 0 aliphatic carbocycles. The van der Waals surface area contributed by atoms with Crippen LogP contribution in [0.4, 0.5) is 22.7 Å². The lowest BCUT2D eigenvalue weighted by molar-refractivity contribution is -0.384. The van der Waals surface area contributed by atoms with Gasteiger partial charge in [-0.25, -0.2) is 0 Å². The number of benzene rings is 2. The smallest absolute Gasteiger partial charge is 0.271 e. The second kappa shape index (κ2) is 9.62. The normalized spacial score (nSPS) is 15.9. The number of amides is 1. The van der Waals surface area contributed by atoms with Crippen LogP contribution in [0.25, 0.3) is 0 Å². The lowest BCUT2D eigenvalue weighted by Crippen LogP contribution is -2.36. The summed E-state index contributed by atoms with van der Waals surface area (Å²) in [6.45, 7) is 3.00. The predicted molar refractivity (Wildman–Crippen MR) is 116 cm³/mol. The van der Waals surface area contributed by atoms with Gasteiger partial charge in [-0.1, -0.05) is 19.1 Å². The van der Waals surface area contributed by atoms with Gasteiger partial charge in [-0.15, -0.1) is 11.8 Å². The molecule has 1 aliphatic rings. The van der Waals surface area contributed by atoms with Crippen molar-refractivity contribution in [2.24, 2.45) is 0 Å². The SMILES string of the molecule is CC1CCN(C(=O)CNc2cc([N+](=O)[O-])ccc2NCCO)c2ccccc2S1. The Bertz CT molecular complexity index is 893. The third kappa shape index (κ3) is 5.18. The molecule has 9 heteroatoms. The molecule has 1 heterocycles. The molecule has 0 radical (unpaired) electrons. The molecule has 0 bridgehead atoms. The van der Waals surface area contributed by atoms with Crippen LogP contribution in [0.5, 0.6) is 0 Å². The number of para-hydroxylation sites is 1. The van der Waals surface area contributed by atoms with E-state index in [9.17, 15) is 14.9 Å². The van der Waals surface area contributed by atoms with Gasteiger partial charge in [-0.3, -0.25) is 14.9 Å². The van der Waals surface area contributed by atoms with E-state index in [0.29, 0.717) is 29.7 Å². The van der Waals surface area contributed by atoms with E-state index in [4.69, 9.17) is 5.11 Å². The second-order valence-corrected chi connectivity index (χ2v) is 8.20. The van der Waals surface area contributed by atoms with Crippen LogP contribution in [0.1, 0.15) is 13.3 Å². The van der Waals surface area contributed by atoms with Crippen molar-refractivity contribution in [2.45, 2.75) is 23.5 Å². The lowest BCUT2D eigenvalue weighted by atomic mass is 10.2. The Morgan fingerprint density at radius 2 is 2.07 bits per heavy atom. The molecule has 0 saturated heterocycles. The molecule has 1 amide bonds. The van der Waals surface area contributed by atoms with Crippen molar-refractivity contribution in [2.75, 3.05) is 41.8 Å². The van der Waals surface area contributed by atoms with Crippen LogP contribution < -0.4 is 15.5 Å². The Balaban J connectivity index is 1.78. The summed E-state index contributed by atoms with van der Waals surface area (Å²) in [5, 5.41) is 26.6. The van der Waals surface area contributed by atoms with Gasteiger partial charge in [0.25, 0.3) is 5.69 Å². The Morgan fingerprint density at radius 1 is 1.28 bits per heavy atom. The number of nitro groups is 1. The van der Waals surface area contributed by atoms with Gasteiger partial charge >= 0.3 is 0 Å². The molecule has 0 fully saturated rings. The van der Waals surface area contributed by atoms with Crippen LogP contribution >= 0.6 is 11.8 Å². The van der Waals surface area contributed by atoms with E-state index >= 15 is 0 Å². The minimum atomic E-state index is -0.480. The molecule has 1 unspecified atom stereocenters. The lowest BCUT2D eigenvalue weighted by Gasteiger charge is -2.23. The predicted octanol–water partition coefficient (Wildman–Crippen LogP) is 3.33. The average molecular weight is 417 g/mol. The van der Waals surface area contributed by atoms with Crippen LogP contribution in [-0.2, 0) is 4.79 Å². The maximum atomic E-state index is 13.0. The molecule has 3 rings (SSSR count). The molecule has 29 heavy (non-hydrogen) atoms. The first kappa shape index (κ1) is 20.9. The summed E-state index contributed by atoms with van der Waals surface area (Å²) in [7, 11) is 0. The molecule has 8 nitrogen and oxygen atoms in total. The standard InChI is InChI=1S/C20H24N4O4S/c1-14-8-10-23(18-4-2-3-5-19(18)29-14)20(26)13-22-17-12-15(24(27)28)6-7-16(17)21-9-11-25/h2-7,12,14,21-22,25H,8-11,13H2,1H3. The van der Waals surface area contributed by atoms with Gasteiger partial charge < -0.3 is 20.6 Å². The fraction of sp³-hybridized carbons (Fsp3) is 0.350. The molecular weight excluding hydrogens is 392 g/mol. The number of rotatable bonds is 7. The zero-order valence-electron chi connectivity index (χ0n) is 16.1. The summed E-state index contributed by atoms with van der Waals surface area (Å²) >= 11 is 1.76. The number of aliphatic hydroxyl groups excluding tert-OH is 1. The van der Waals surface area contributed by atoms with Gasteiger partial charge in [0, 0.05) is 35.4 Å². The Morgan fingerprint density at radius 3 is 2.83 bits per heavy atom. The number of anilines is 3. The molecule has 0 saturated carbocycles. The zero-order valence-corrected chi connectivity index (χ0v) is 16.9. The Labute approximate surface area is 173 Å². The molecule has 154 valence electrons. The van der Waals surface area contributed by atoms with Crippen molar-refractivity contribution in [3.05, 3.63) is 52.6 Å². The van der Waals surface area contributed by atoms with Gasteiger partial charge in [0.05, 0.1) is 35.1 Å². The number of hydrogen-bond acceptors (Lipinski definition) is 7. The largest absolute Gasteiger partial charge is 0.395 e. The number of carbonyl (C=O) groups excluding carboxylic acids is 1. The molecule has 1 atom stereocenters. The molecule has 0 aromatic heterocycles. The Kier molecular flexibility index (Phi) is 6.95. The van der Waals surface area contributed by atoms with E-state index in [0.717, 1.165) is 17.0 Å². The minimum Gasteiger partial charge on any atom is -0.395 e. The third-order valence-electron chi connectivity index (χ3n) is 4.62. The fourth-order valence-corrected chi connectivity index (χ4v) is 4.26. The third-order valence-corrected chi connectivity index (χ3v) is 5.85. The van der Waals surface area contributed by atoms with Crippen molar-refractivity contribution in [1.82, 2.24) is 0 Å². The number of thioether (sulfide) groups is 1. The minimum absolute atomic E-state index is 0.00234. The van der Waals surface area contributed by atoms with E-state index in [1.807, 2.05) is 24.3 Å². The second-order valence-electron chi connectivity index (χ2n) is 6.72. The van der Waals surface area contributed by atoms with Crippen molar-refractivity contribution >= 4 is 40.4 Å². The molecule has 1 aliphatic heterocycles. The van der Waals surface area contributed by atoms with Gasteiger partial charge in [-0.2, -0.15) is 0 Å². The van der Waals surface area contributed by atoms with Gasteiger partial charge in [-0.05, 0) is 24.6 Å². The van der Waals surface area contributed by atoms with E-state index in [2.05, 4.69) is 17.6 Å².